The zero-order chi connectivity index (χ0) is 15.7. The minimum Gasteiger partial charge on any atom is -0.328 e. The number of nitrogens with two attached hydrogens (primary N) is 2. The molecular formula is C14H20N6OS. The van der Waals surface area contributed by atoms with Gasteiger partial charge in [-0.15, -0.1) is 10.2 Å². The number of hydrogen-bond donors (Lipinski definition) is 3. The predicted octanol–water partition coefficient (Wildman–Crippen LogP) is 0.801. The molecule has 1 aromatic carbocycles. The molecule has 1 unspecified atom stereocenters. The molecule has 0 amide bonds. The Labute approximate surface area is 129 Å². The number of hydrogen-bond acceptors (Lipinski definition) is 5. The van der Waals surface area contributed by atoms with Gasteiger partial charge >= 0.3 is 0 Å². The van der Waals surface area contributed by atoms with Crippen LogP contribution in [-0.4, -0.2) is 36.7 Å². The highest BCUT2D eigenvalue weighted by atomic mass is 32.2. The Morgan fingerprint density at radius 1 is 1.27 bits per heavy atom. The summed E-state index contributed by atoms with van der Waals surface area (Å²) in [5.41, 5.74) is 7.73. The fourth-order valence-electron chi connectivity index (χ4n) is 3.11. The number of nitrogens with zero attached hydrogens (tertiary/aromatic N) is 3. The van der Waals surface area contributed by atoms with Crippen LogP contribution in [0.2, 0.25) is 0 Å². The van der Waals surface area contributed by atoms with Gasteiger partial charge in [0.2, 0.25) is 5.82 Å². The summed E-state index contributed by atoms with van der Waals surface area (Å²) in [6.45, 7) is 0. The maximum Gasteiger partial charge on any atom is 0.206 e. The van der Waals surface area contributed by atoms with Crippen molar-refractivity contribution in [1.29, 1.82) is 0 Å². The zero-order valence-corrected chi connectivity index (χ0v) is 13.1. The van der Waals surface area contributed by atoms with Gasteiger partial charge in [0.05, 0.1) is 14.6 Å². The van der Waals surface area contributed by atoms with Crippen molar-refractivity contribution in [3.63, 3.8) is 0 Å². The first kappa shape index (κ1) is 15.1. The van der Waals surface area contributed by atoms with Gasteiger partial charge in [-0.3, -0.25) is 5.14 Å². The minimum atomic E-state index is -2.88. The molecule has 0 spiro atoms. The van der Waals surface area contributed by atoms with Crippen LogP contribution in [0.4, 0.5) is 0 Å². The van der Waals surface area contributed by atoms with E-state index >= 15 is 0 Å². The van der Waals surface area contributed by atoms with E-state index in [1.807, 2.05) is 12.1 Å². The van der Waals surface area contributed by atoms with Crippen molar-refractivity contribution < 1.29 is 4.21 Å². The second kappa shape index (κ2) is 5.79. The summed E-state index contributed by atoms with van der Waals surface area (Å²) >= 11 is 0. The van der Waals surface area contributed by atoms with E-state index in [1.165, 1.54) is 0 Å². The summed E-state index contributed by atoms with van der Waals surface area (Å²) in [6.07, 6.45) is 3.92. The number of H-pyrrole nitrogens is 1. The Kier molecular flexibility index (Phi) is 3.98. The van der Waals surface area contributed by atoms with Crippen LogP contribution in [-0.2, 0) is 9.71 Å². The van der Waals surface area contributed by atoms with E-state index in [-0.39, 0.29) is 6.04 Å². The Morgan fingerprint density at radius 3 is 2.59 bits per heavy atom. The van der Waals surface area contributed by atoms with Crippen LogP contribution in [0.5, 0.6) is 0 Å². The van der Waals surface area contributed by atoms with E-state index in [0.717, 1.165) is 31.2 Å². The van der Waals surface area contributed by atoms with Gasteiger partial charge in [-0.05, 0) is 54.3 Å². The number of aromatic amines is 1. The molecule has 1 aromatic heterocycles. The zero-order valence-electron chi connectivity index (χ0n) is 12.2. The first-order valence-electron chi connectivity index (χ1n) is 7.24. The molecule has 5 N–H and O–H groups in total. The van der Waals surface area contributed by atoms with E-state index in [9.17, 15) is 4.21 Å². The largest absolute Gasteiger partial charge is 0.328 e. The van der Waals surface area contributed by atoms with E-state index in [4.69, 9.17) is 10.9 Å². The van der Waals surface area contributed by atoms with Gasteiger partial charge in [-0.25, -0.2) is 4.21 Å². The Bertz CT molecular complexity index is 748. The molecule has 1 aliphatic rings. The summed E-state index contributed by atoms with van der Waals surface area (Å²) in [5.74, 6) is 4.34. The van der Waals surface area contributed by atoms with Crippen molar-refractivity contribution in [2.75, 3.05) is 0 Å². The molecule has 1 aliphatic carbocycles. The third kappa shape index (κ3) is 2.90. The Hall–Kier alpha value is -1.77. The van der Waals surface area contributed by atoms with Crippen LogP contribution in [0.1, 0.15) is 37.2 Å². The van der Waals surface area contributed by atoms with Crippen molar-refractivity contribution in [1.82, 2.24) is 20.6 Å². The maximum atomic E-state index is 12.4. The smallest absolute Gasteiger partial charge is 0.206 e. The van der Waals surface area contributed by atoms with Gasteiger partial charge in [0, 0.05) is 11.6 Å². The number of rotatable bonds is 3. The van der Waals surface area contributed by atoms with Crippen LogP contribution in [0.3, 0.4) is 0 Å². The molecule has 1 heterocycles. The lowest BCUT2D eigenvalue weighted by Crippen LogP contribution is -2.26. The van der Waals surface area contributed by atoms with Crippen LogP contribution in [0.25, 0.3) is 11.4 Å². The van der Waals surface area contributed by atoms with Crippen molar-refractivity contribution in [3.8, 4) is 11.4 Å². The van der Waals surface area contributed by atoms with Gasteiger partial charge in [-0.1, -0.05) is 12.1 Å². The fourth-order valence-corrected chi connectivity index (χ4v) is 3.98. The maximum absolute atomic E-state index is 12.4. The van der Waals surface area contributed by atoms with E-state index in [2.05, 4.69) is 26.5 Å². The highest BCUT2D eigenvalue weighted by molar-refractivity contribution is 7.98. The molecular weight excluding hydrogens is 300 g/mol. The van der Waals surface area contributed by atoms with Gasteiger partial charge in [0.1, 0.15) is 0 Å². The van der Waals surface area contributed by atoms with Gasteiger partial charge in [0.25, 0.3) is 0 Å². The summed E-state index contributed by atoms with van der Waals surface area (Å²) in [7, 11) is -2.88. The normalized spacial score (nSPS) is 24.8. The summed E-state index contributed by atoms with van der Waals surface area (Å²) in [5, 5.41) is 19.9. The standard InChI is InChI=1S/C14H20N6OS/c1-22(16,21)12-4-2-3-11(9-5-7-10(15)8-6-9)13(12)14-17-19-20-18-14/h2-4,9-10H,1,5-8,15H2,(H2,16,21)(H,17,18,19,20). The quantitative estimate of drug-likeness (QED) is 0.722. The third-order valence-corrected chi connectivity index (χ3v) is 5.30. The highest BCUT2D eigenvalue weighted by Gasteiger charge is 2.26. The Balaban J connectivity index is 2.14. The lowest BCUT2D eigenvalue weighted by molar-refractivity contribution is 0.395. The number of benzene rings is 1. The molecule has 1 fully saturated rings. The molecule has 2 aromatic rings. The van der Waals surface area contributed by atoms with Crippen LogP contribution < -0.4 is 10.9 Å². The third-order valence-electron chi connectivity index (χ3n) is 4.21. The van der Waals surface area contributed by atoms with Gasteiger partial charge in [-0.2, -0.15) is 5.21 Å². The number of tetrazole rings is 1. The lowest BCUT2D eigenvalue weighted by atomic mass is 9.80. The highest BCUT2D eigenvalue weighted by Crippen LogP contribution is 2.39. The number of aromatic nitrogens is 4. The molecule has 1 atom stereocenters. The Morgan fingerprint density at radius 2 is 2.00 bits per heavy atom. The molecule has 0 radical (unpaired) electrons. The minimum absolute atomic E-state index is 0.264. The topological polar surface area (TPSA) is 124 Å². The van der Waals surface area contributed by atoms with Crippen molar-refractivity contribution >= 4 is 15.6 Å². The SMILES string of the molecule is C=S(N)(=O)c1cccc(C2CCC(N)CC2)c1-c1nn[nH]n1. The summed E-state index contributed by atoms with van der Waals surface area (Å²) in [6, 6.07) is 5.86. The first-order valence-corrected chi connectivity index (χ1v) is 9.03. The fraction of sp³-hybridized carbons (Fsp3) is 0.429. The molecule has 8 heteroatoms. The van der Waals surface area contributed by atoms with Crippen LogP contribution in [0.15, 0.2) is 23.1 Å². The van der Waals surface area contributed by atoms with Crippen molar-refractivity contribution in [2.45, 2.75) is 42.5 Å². The second-order valence-corrected chi connectivity index (χ2v) is 7.69. The van der Waals surface area contributed by atoms with Gasteiger partial charge < -0.3 is 5.73 Å². The van der Waals surface area contributed by atoms with Crippen molar-refractivity contribution in [3.05, 3.63) is 23.8 Å². The predicted molar refractivity (Wildman–Crippen MR) is 86.5 cm³/mol. The molecule has 0 bridgehead atoms. The van der Waals surface area contributed by atoms with E-state index in [1.54, 1.807) is 6.07 Å². The van der Waals surface area contributed by atoms with E-state index in [0.29, 0.717) is 22.2 Å². The molecule has 0 aliphatic heterocycles. The average molecular weight is 320 g/mol. The average Bonchev–Trinajstić information content (AvgIpc) is 3.00. The van der Waals surface area contributed by atoms with Crippen LogP contribution >= 0.6 is 0 Å². The molecule has 0 saturated heterocycles. The van der Waals surface area contributed by atoms with Crippen LogP contribution in [0, 0.1) is 0 Å². The molecule has 1 saturated carbocycles. The molecule has 7 nitrogen and oxygen atoms in total. The van der Waals surface area contributed by atoms with Gasteiger partial charge in [0.15, 0.2) is 0 Å². The molecule has 118 valence electrons. The summed E-state index contributed by atoms with van der Waals surface area (Å²) in [4.78, 5) is 0.473. The second-order valence-electron chi connectivity index (χ2n) is 5.79. The monoisotopic (exact) mass is 320 g/mol. The summed E-state index contributed by atoms with van der Waals surface area (Å²) < 4.78 is 12.4. The molecule has 22 heavy (non-hydrogen) atoms. The first-order chi connectivity index (χ1) is 10.5. The van der Waals surface area contributed by atoms with Crippen molar-refractivity contribution in [2.24, 2.45) is 10.9 Å². The molecule has 3 rings (SSSR count). The number of nitrogens with one attached hydrogen (secondary N) is 1. The van der Waals surface area contributed by atoms with E-state index < -0.39 is 9.71 Å². The lowest BCUT2D eigenvalue weighted by Gasteiger charge is -2.28.